The molecule has 8 heteroatoms. The van der Waals surface area contributed by atoms with Crippen LogP contribution >= 0.6 is 0 Å². The van der Waals surface area contributed by atoms with Gasteiger partial charge in [-0.2, -0.15) is 5.10 Å². The summed E-state index contributed by atoms with van der Waals surface area (Å²) in [6, 6.07) is 10.9. The minimum atomic E-state index is -1.17. The summed E-state index contributed by atoms with van der Waals surface area (Å²) < 4.78 is 35.2. The number of rotatable bonds is 10. The van der Waals surface area contributed by atoms with Crippen molar-refractivity contribution >= 4 is 19.1 Å². The lowest BCUT2D eigenvalue weighted by atomic mass is 9.99. The van der Waals surface area contributed by atoms with Crippen molar-refractivity contribution in [3.05, 3.63) is 77.4 Å². The van der Waals surface area contributed by atoms with Crippen LogP contribution in [0.3, 0.4) is 0 Å². The highest BCUT2D eigenvalue weighted by Gasteiger charge is 2.16. The van der Waals surface area contributed by atoms with Gasteiger partial charge in [0.15, 0.2) is 0 Å². The number of hydrogen-bond donors (Lipinski definition) is 0. The summed E-state index contributed by atoms with van der Waals surface area (Å²) >= 11 is 0. The summed E-state index contributed by atoms with van der Waals surface area (Å²) in [4.78, 5) is 9.55. The molecule has 0 unspecified atom stereocenters. The van der Waals surface area contributed by atoms with Gasteiger partial charge in [0.2, 0.25) is 0 Å². The van der Waals surface area contributed by atoms with Crippen molar-refractivity contribution in [2.45, 2.75) is 65.0 Å². The summed E-state index contributed by atoms with van der Waals surface area (Å²) in [6.07, 6.45) is 4.60. The van der Waals surface area contributed by atoms with Crippen molar-refractivity contribution < 1.29 is 13.5 Å². The minimum absolute atomic E-state index is 0.330. The molecular weight excluding hydrogens is 474 g/mol. The predicted octanol–water partition coefficient (Wildman–Crippen LogP) is 6.99. The van der Waals surface area contributed by atoms with Crippen LogP contribution in [0.5, 0.6) is 0 Å². The second kappa shape index (κ2) is 11.0. The highest BCUT2D eigenvalue weighted by molar-refractivity contribution is 6.76. The average Bonchev–Trinajstić information content (AvgIpc) is 3.20. The first-order chi connectivity index (χ1) is 17.1. The Balaban J connectivity index is 1.65. The molecule has 0 amide bonds. The SMILES string of the molecule is CC(C)c1ccc(-c2cc3c(cnn3COCC[Si](C)(C)C)nc2CCc2cc(F)cc(F)c2)cn1. The van der Waals surface area contributed by atoms with Crippen LogP contribution in [0.4, 0.5) is 8.78 Å². The van der Waals surface area contributed by atoms with Crippen LogP contribution < -0.4 is 0 Å². The Morgan fingerprint density at radius 1 is 0.972 bits per heavy atom. The Hall–Kier alpha value is -2.97. The Bertz CT molecular complexity index is 1310. The Kier molecular flexibility index (Phi) is 7.95. The van der Waals surface area contributed by atoms with Crippen LogP contribution in [0.1, 0.15) is 36.7 Å². The smallest absolute Gasteiger partial charge is 0.140 e. The molecule has 3 heterocycles. The van der Waals surface area contributed by atoms with Crippen LogP contribution in [-0.4, -0.2) is 34.4 Å². The van der Waals surface area contributed by atoms with Gasteiger partial charge in [-0.05, 0) is 54.6 Å². The number of benzene rings is 1. The molecule has 0 aliphatic rings. The highest BCUT2D eigenvalue weighted by Crippen LogP contribution is 2.28. The number of aryl methyl sites for hydroxylation is 2. The molecule has 0 spiro atoms. The zero-order chi connectivity index (χ0) is 25.9. The molecule has 0 aliphatic heterocycles. The van der Waals surface area contributed by atoms with Gasteiger partial charge in [0.1, 0.15) is 23.9 Å². The molecule has 0 atom stereocenters. The zero-order valence-electron chi connectivity index (χ0n) is 21.7. The Labute approximate surface area is 212 Å². The Morgan fingerprint density at radius 3 is 2.36 bits per heavy atom. The second-order valence-corrected chi connectivity index (χ2v) is 16.4. The monoisotopic (exact) mass is 508 g/mol. The second-order valence-electron chi connectivity index (χ2n) is 10.8. The molecule has 5 nitrogen and oxygen atoms in total. The van der Waals surface area contributed by atoms with Crippen LogP contribution in [0.15, 0.2) is 48.8 Å². The first-order valence-corrected chi connectivity index (χ1v) is 16.1. The normalized spacial score (nSPS) is 12.1. The number of hydrogen-bond acceptors (Lipinski definition) is 4. The maximum absolute atomic E-state index is 13.7. The van der Waals surface area contributed by atoms with E-state index in [9.17, 15) is 8.78 Å². The fraction of sp³-hybridized carbons (Fsp3) is 0.393. The maximum Gasteiger partial charge on any atom is 0.140 e. The Morgan fingerprint density at radius 2 is 1.72 bits per heavy atom. The number of aromatic nitrogens is 4. The summed E-state index contributed by atoms with van der Waals surface area (Å²) in [5, 5.41) is 4.51. The van der Waals surface area contributed by atoms with E-state index < -0.39 is 19.7 Å². The molecule has 4 rings (SSSR count). The fourth-order valence-corrected chi connectivity index (χ4v) is 4.80. The number of pyridine rings is 2. The van der Waals surface area contributed by atoms with Crippen LogP contribution in [0.2, 0.25) is 25.7 Å². The quantitative estimate of drug-likeness (QED) is 0.171. The van der Waals surface area contributed by atoms with Crippen molar-refractivity contribution in [1.82, 2.24) is 19.7 Å². The number of halogens is 2. The van der Waals surface area contributed by atoms with Gasteiger partial charge in [-0.15, -0.1) is 0 Å². The highest BCUT2D eigenvalue weighted by atomic mass is 28.3. The van der Waals surface area contributed by atoms with Gasteiger partial charge in [0.25, 0.3) is 0 Å². The van der Waals surface area contributed by atoms with Gasteiger partial charge in [0, 0.05) is 49.5 Å². The molecule has 0 saturated heterocycles. The van der Waals surface area contributed by atoms with Gasteiger partial charge < -0.3 is 4.74 Å². The molecular formula is C28H34F2N4OSi. The molecule has 0 radical (unpaired) electrons. The van der Waals surface area contributed by atoms with E-state index in [2.05, 4.69) is 55.7 Å². The van der Waals surface area contributed by atoms with Crippen LogP contribution in [0.25, 0.3) is 22.2 Å². The van der Waals surface area contributed by atoms with Crippen molar-refractivity contribution in [2.75, 3.05) is 6.61 Å². The third-order valence-corrected chi connectivity index (χ3v) is 7.88. The zero-order valence-corrected chi connectivity index (χ0v) is 22.7. The molecule has 0 saturated carbocycles. The molecule has 0 N–H and O–H groups in total. The van der Waals surface area contributed by atoms with E-state index in [0.717, 1.165) is 45.7 Å². The van der Waals surface area contributed by atoms with Gasteiger partial charge in [0.05, 0.1) is 11.7 Å². The van der Waals surface area contributed by atoms with E-state index in [4.69, 9.17) is 9.72 Å². The van der Waals surface area contributed by atoms with E-state index in [1.54, 1.807) is 6.20 Å². The van der Waals surface area contributed by atoms with Crippen molar-refractivity contribution in [1.29, 1.82) is 0 Å². The molecule has 36 heavy (non-hydrogen) atoms. The maximum atomic E-state index is 13.7. The lowest BCUT2D eigenvalue weighted by Crippen LogP contribution is -2.22. The van der Waals surface area contributed by atoms with Crippen LogP contribution in [-0.2, 0) is 24.3 Å². The first-order valence-electron chi connectivity index (χ1n) is 12.4. The predicted molar refractivity (Wildman–Crippen MR) is 143 cm³/mol. The fourth-order valence-electron chi connectivity index (χ4n) is 4.04. The molecule has 0 fully saturated rings. The largest absolute Gasteiger partial charge is 0.360 e. The lowest BCUT2D eigenvalue weighted by molar-refractivity contribution is 0.0817. The van der Waals surface area contributed by atoms with Gasteiger partial charge in [-0.25, -0.2) is 18.4 Å². The first kappa shape index (κ1) is 26.1. The average molecular weight is 509 g/mol. The third-order valence-electron chi connectivity index (χ3n) is 6.18. The standard InChI is InChI=1S/C28H34F2N4OSi/c1-19(2)25-9-7-21(16-31-25)24-15-28-27(17-32-34(28)18-35-10-11-36(3,4)5)33-26(24)8-6-20-12-22(29)14-23(30)13-20/h7,9,12-17,19H,6,8,10-11,18H2,1-5H3. The van der Waals surface area contributed by atoms with Gasteiger partial charge >= 0.3 is 0 Å². The minimum Gasteiger partial charge on any atom is -0.360 e. The van der Waals surface area contributed by atoms with Crippen LogP contribution in [0, 0.1) is 11.6 Å². The van der Waals surface area contributed by atoms with E-state index in [0.29, 0.717) is 37.7 Å². The summed E-state index contributed by atoms with van der Waals surface area (Å²) in [7, 11) is -1.17. The van der Waals surface area contributed by atoms with Gasteiger partial charge in [-0.1, -0.05) is 39.6 Å². The molecule has 1 aromatic carbocycles. The van der Waals surface area contributed by atoms with E-state index in [1.807, 2.05) is 16.9 Å². The topological polar surface area (TPSA) is 52.8 Å². The van der Waals surface area contributed by atoms with Crippen molar-refractivity contribution in [3.8, 4) is 11.1 Å². The third kappa shape index (κ3) is 6.62. The van der Waals surface area contributed by atoms with Gasteiger partial charge in [-0.3, -0.25) is 4.98 Å². The van der Waals surface area contributed by atoms with E-state index >= 15 is 0 Å². The number of nitrogens with zero attached hydrogens (tertiary/aromatic N) is 4. The summed E-state index contributed by atoms with van der Waals surface area (Å²) in [5.74, 6) is -0.813. The van der Waals surface area contributed by atoms with E-state index in [-0.39, 0.29) is 0 Å². The van der Waals surface area contributed by atoms with Crippen molar-refractivity contribution in [2.24, 2.45) is 0 Å². The summed E-state index contributed by atoms with van der Waals surface area (Å²) in [6.45, 7) is 12.3. The number of ether oxygens (including phenoxy) is 1. The molecule has 3 aromatic heterocycles. The molecule has 0 bridgehead atoms. The molecule has 0 aliphatic carbocycles. The molecule has 190 valence electrons. The van der Waals surface area contributed by atoms with Crippen molar-refractivity contribution in [3.63, 3.8) is 0 Å². The lowest BCUT2D eigenvalue weighted by Gasteiger charge is -2.15. The number of fused-ring (bicyclic) bond motifs is 1. The summed E-state index contributed by atoms with van der Waals surface area (Å²) in [5.41, 5.74) is 5.98. The molecule has 4 aromatic rings. The van der Waals surface area contributed by atoms with E-state index in [1.165, 1.54) is 12.1 Å².